The maximum Gasteiger partial charge on any atom is 0.414 e. The van der Waals surface area contributed by atoms with Gasteiger partial charge >= 0.3 is 6.09 Å². The average Bonchev–Trinajstić information content (AvgIpc) is 2.40. The largest absolute Gasteiger partial charge is 1.00 e. The van der Waals surface area contributed by atoms with Crippen molar-refractivity contribution in [3.8, 4) is 5.75 Å². The first-order valence-electron chi connectivity index (χ1n) is 6.68. The van der Waals surface area contributed by atoms with Gasteiger partial charge in [0.15, 0.2) is 0 Å². The number of ether oxygens (including phenoxy) is 1. The van der Waals surface area contributed by atoms with Crippen LogP contribution in [-0.4, -0.2) is 39.2 Å². The highest BCUT2D eigenvalue weighted by Crippen LogP contribution is 2.27. The number of hydrogen-bond acceptors (Lipinski definition) is 2. The highest BCUT2D eigenvalue weighted by Gasteiger charge is 2.15. The topological polar surface area (TPSA) is 34.0 Å². The summed E-state index contributed by atoms with van der Waals surface area (Å²) in [6.45, 7) is 0.803. The van der Waals surface area contributed by atoms with E-state index in [1.807, 2.05) is 24.3 Å². The van der Waals surface area contributed by atoms with E-state index in [1.165, 1.54) is 9.80 Å². The van der Waals surface area contributed by atoms with Crippen molar-refractivity contribution in [2.24, 2.45) is 0 Å². The molecule has 0 unspecified atom stereocenters. The molecule has 4 nitrogen and oxygen atoms in total. The van der Waals surface area contributed by atoms with Gasteiger partial charge in [-0.05, 0) is 16.8 Å². The van der Waals surface area contributed by atoms with Gasteiger partial charge in [-0.15, -0.1) is 0 Å². The maximum atomic E-state index is 11.8. The predicted molar refractivity (Wildman–Crippen MR) is 80.2 cm³/mol. The molecular formula is C16H21ClN2O2. The van der Waals surface area contributed by atoms with E-state index in [0.29, 0.717) is 5.75 Å². The van der Waals surface area contributed by atoms with Crippen LogP contribution >= 0.6 is 0 Å². The first kappa shape index (κ1) is 17.3. The Morgan fingerprint density at radius 3 is 2.43 bits per heavy atom. The van der Waals surface area contributed by atoms with E-state index < -0.39 is 0 Å². The van der Waals surface area contributed by atoms with Gasteiger partial charge in [-0.25, -0.2) is 4.79 Å². The lowest BCUT2D eigenvalue weighted by atomic mass is 10.0. The zero-order valence-electron chi connectivity index (χ0n) is 12.8. The number of carbonyl (C=O) groups is 1. The molecular weight excluding hydrogens is 288 g/mol. The summed E-state index contributed by atoms with van der Waals surface area (Å²) in [5.74, 6) is 0.642. The molecule has 21 heavy (non-hydrogen) atoms. The number of fused-ring (bicyclic) bond motifs is 1. The molecule has 0 aliphatic heterocycles. The lowest BCUT2D eigenvalue weighted by Crippen LogP contribution is -3.04. The fourth-order valence-corrected chi connectivity index (χ4v) is 2.13. The number of carbonyl (C=O) groups excluding carboxylic acids is 1. The summed E-state index contributed by atoms with van der Waals surface area (Å²) in [7, 11) is 7.53. The van der Waals surface area contributed by atoms with E-state index >= 15 is 0 Å². The Bertz CT molecular complexity index is 627. The van der Waals surface area contributed by atoms with Crippen molar-refractivity contribution in [2.45, 2.75) is 6.54 Å². The Morgan fingerprint density at radius 1 is 1.14 bits per heavy atom. The summed E-state index contributed by atoms with van der Waals surface area (Å²) < 4.78 is 5.49. The van der Waals surface area contributed by atoms with Crippen LogP contribution in [0, 0.1) is 0 Å². The van der Waals surface area contributed by atoms with Gasteiger partial charge in [-0.3, -0.25) is 0 Å². The molecule has 0 saturated heterocycles. The second-order valence-corrected chi connectivity index (χ2v) is 5.41. The molecule has 0 heterocycles. The number of amides is 1. The van der Waals surface area contributed by atoms with Gasteiger partial charge in [0.1, 0.15) is 12.3 Å². The molecule has 1 amide bonds. The van der Waals surface area contributed by atoms with Crippen LogP contribution in [-0.2, 0) is 6.54 Å². The van der Waals surface area contributed by atoms with Crippen LogP contribution in [0.5, 0.6) is 5.75 Å². The normalized spacial score (nSPS) is 10.3. The molecule has 2 rings (SSSR count). The number of benzene rings is 2. The lowest BCUT2D eigenvalue weighted by molar-refractivity contribution is -0.872. The predicted octanol–water partition coefficient (Wildman–Crippen LogP) is -1.45. The van der Waals surface area contributed by atoms with Gasteiger partial charge in [0, 0.05) is 14.1 Å². The number of hydrogen-bond donors (Lipinski definition) is 1. The Kier molecular flexibility index (Phi) is 6.00. The van der Waals surface area contributed by atoms with Gasteiger partial charge in [0.2, 0.25) is 0 Å². The van der Waals surface area contributed by atoms with Crippen molar-refractivity contribution >= 4 is 16.9 Å². The molecule has 0 fully saturated rings. The lowest BCUT2D eigenvalue weighted by Gasteiger charge is -2.17. The summed E-state index contributed by atoms with van der Waals surface area (Å²) in [4.78, 5) is 14.5. The zero-order valence-corrected chi connectivity index (χ0v) is 13.6. The van der Waals surface area contributed by atoms with E-state index in [1.54, 1.807) is 14.1 Å². The van der Waals surface area contributed by atoms with Gasteiger partial charge in [0.25, 0.3) is 0 Å². The SMILES string of the molecule is CN(C)C(=O)Oc1ccc2ccccc2c1C[NH+](C)C.[Cl-]. The highest BCUT2D eigenvalue weighted by atomic mass is 35.5. The highest BCUT2D eigenvalue weighted by molar-refractivity contribution is 5.88. The van der Waals surface area contributed by atoms with Gasteiger partial charge in [-0.1, -0.05) is 30.3 Å². The third-order valence-corrected chi connectivity index (χ3v) is 3.09. The van der Waals surface area contributed by atoms with Crippen molar-refractivity contribution in [1.82, 2.24) is 4.90 Å². The summed E-state index contributed by atoms with van der Waals surface area (Å²) in [6.07, 6.45) is -0.352. The summed E-state index contributed by atoms with van der Waals surface area (Å²) >= 11 is 0. The van der Waals surface area contributed by atoms with E-state index in [2.05, 4.69) is 26.2 Å². The minimum absolute atomic E-state index is 0. The number of quaternary nitrogens is 1. The fourth-order valence-electron chi connectivity index (χ4n) is 2.13. The number of nitrogens with one attached hydrogen (secondary N) is 1. The van der Waals surface area contributed by atoms with Gasteiger partial charge in [0.05, 0.1) is 19.7 Å². The van der Waals surface area contributed by atoms with E-state index in [0.717, 1.165) is 22.9 Å². The zero-order chi connectivity index (χ0) is 14.7. The molecule has 0 aliphatic rings. The fraction of sp³-hybridized carbons (Fsp3) is 0.312. The van der Waals surface area contributed by atoms with Gasteiger partial charge < -0.3 is 26.9 Å². The molecule has 0 bridgehead atoms. The molecule has 0 atom stereocenters. The van der Waals surface area contributed by atoms with Crippen LogP contribution in [0.15, 0.2) is 36.4 Å². The van der Waals surface area contributed by atoms with Crippen LogP contribution in [0.1, 0.15) is 5.56 Å². The van der Waals surface area contributed by atoms with Crippen LogP contribution in [0.25, 0.3) is 10.8 Å². The Balaban J connectivity index is 0.00000220. The number of halogens is 1. The van der Waals surface area contributed by atoms with Crippen LogP contribution in [0.3, 0.4) is 0 Å². The van der Waals surface area contributed by atoms with Crippen molar-refractivity contribution in [3.63, 3.8) is 0 Å². The van der Waals surface area contributed by atoms with Crippen molar-refractivity contribution in [3.05, 3.63) is 42.0 Å². The van der Waals surface area contributed by atoms with Crippen LogP contribution in [0.4, 0.5) is 4.79 Å². The van der Waals surface area contributed by atoms with Crippen LogP contribution in [0.2, 0.25) is 0 Å². The van der Waals surface area contributed by atoms with Crippen molar-refractivity contribution in [1.29, 1.82) is 0 Å². The van der Waals surface area contributed by atoms with Crippen molar-refractivity contribution in [2.75, 3.05) is 28.2 Å². The quantitative estimate of drug-likeness (QED) is 0.753. The standard InChI is InChI=1S/C16H20N2O2.ClH/c1-17(2)11-14-13-8-6-5-7-12(13)9-10-15(14)20-16(19)18(3)4;/h5-10H,11H2,1-4H3;1H. The summed E-state index contributed by atoms with van der Waals surface area (Å²) in [5, 5.41) is 2.30. The monoisotopic (exact) mass is 308 g/mol. The maximum absolute atomic E-state index is 11.8. The Hall–Kier alpha value is -1.78. The van der Waals surface area contributed by atoms with E-state index in [4.69, 9.17) is 4.74 Å². The molecule has 5 heteroatoms. The number of rotatable bonds is 3. The first-order valence-corrected chi connectivity index (χ1v) is 6.68. The molecule has 2 aromatic carbocycles. The second-order valence-electron chi connectivity index (χ2n) is 5.41. The smallest absolute Gasteiger partial charge is 0.414 e. The molecule has 0 spiro atoms. The minimum atomic E-state index is -0.352. The molecule has 0 aromatic heterocycles. The molecule has 1 N–H and O–H groups in total. The third-order valence-electron chi connectivity index (χ3n) is 3.09. The molecule has 0 radical (unpaired) electrons. The Labute approximate surface area is 131 Å². The summed E-state index contributed by atoms with van der Waals surface area (Å²) in [6, 6.07) is 12.0. The minimum Gasteiger partial charge on any atom is -1.00 e. The summed E-state index contributed by atoms with van der Waals surface area (Å²) in [5.41, 5.74) is 1.07. The molecule has 0 saturated carbocycles. The third kappa shape index (κ3) is 4.09. The number of nitrogens with zero attached hydrogens (tertiary/aromatic N) is 1. The van der Waals surface area contributed by atoms with Gasteiger partial charge in [-0.2, -0.15) is 0 Å². The first-order chi connectivity index (χ1) is 9.49. The molecule has 114 valence electrons. The van der Waals surface area contributed by atoms with Crippen LogP contribution < -0.4 is 22.0 Å². The average molecular weight is 309 g/mol. The van der Waals surface area contributed by atoms with E-state index in [9.17, 15) is 4.79 Å². The Morgan fingerprint density at radius 2 is 1.81 bits per heavy atom. The van der Waals surface area contributed by atoms with E-state index in [-0.39, 0.29) is 18.5 Å². The molecule has 2 aromatic rings. The van der Waals surface area contributed by atoms with Crippen molar-refractivity contribution < 1.29 is 26.8 Å². The molecule has 0 aliphatic carbocycles. The second kappa shape index (κ2) is 7.29.